The molecule has 4 rings (SSSR count). The van der Waals surface area contributed by atoms with Crippen molar-refractivity contribution < 1.29 is 14.2 Å². The largest absolute Gasteiger partial charge is 0.360 e. The predicted octanol–water partition coefficient (Wildman–Crippen LogP) is 2.38. The third kappa shape index (κ3) is 4.54. The Bertz CT molecular complexity index is 1050. The van der Waals surface area contributed by atoms with Crippen LogP contribution in [-0.4, -0.2) is 34.8 Å². The number of nitrogens with one attached hydrogen (secondary N) is 2. The van der Waals surface area contributed by atoms with Crippen LogP contribution in [0.2, 0.25) is 0 Å². The summed E-state index contributed by atoms with van der Waals surface area (Å²) < 4.78 is 7.24. The standard InChI is InChI=1S/C24H28N4O2/c1-17-13-21(19(3)28(17)23-14-18(2)30-26-23)9-10-24(29)25-22-11-12-27(16-22)15-20-7-5-4-6-8-20/h4-10,13-14,22H,11-12,15-16H2,1-3H3,(H,25,29)/p+1/b10-9+/t22-/m0/s1. The van der Waals surface area contributed by atoms with Crippen LogP contribution in [0.5, 0.6) is 0 Å². The van der Waals surface area contributed by atoms with Gasteiger partial charge in [0, 0.05) is 35.5 Å². The summed E-state index contributed by atoms with van der Waals surface area (Å²) in [7, 11) is 0. The SMILES string of the molecule is Cc1cc(-n2c(C)cc(/C=C/C(=O)N[C@H]3CC[NH+](Cc4ccccc4)C3)c2C)no1. The van der Waals surface area contributed by atoms with E-state index in [1.165, 1.54) is 10.5 Å². The van der Waals surface area contributed by atoms with Gasteiger partial charge in [0.05, 0.1) is 19.1 Å². The van der Waals surface area contributed by atoms with E-state index in [0.29, 0.717) is 0 Å². The van der Waals surface area contributed by atoms with E-state index >= 15 is 0 Å². The van der Waals surface area contributed by atoms with Gasteiger partial charge in [-0.2, -0.15) is 0 Å². The van der Waals surface area contributed by atoms with Gasteiger partial charge in [-0.1, -0.05) is 35.5 Å². The molecular formula is C24H29N4O2+. The molecule has 156 valence electrons. The first-order chi connectivity index (χ1) is 14.5. The minimum Gasteiger partial charge on any atom is -0.360 e. The summed E-state index contributed by atoms with van der Waals surface area (Å²) in [5.74, 6) is 1.50. The zero-order valence-corrected chi connectivity index (χ0v) is 17.8. The van der Waals surface area contributed by atoms with Gasteiger partial charge in [-0.25, -0.2) is 0 Å². The molecule has 1 unspecified atom stereocenters. The number of aromatic nitrogens is 2. The van der Waals surface area contributed by atoms with E-state index in [-0.39, 0.29) is 11.9 Å². The highest BCUT2D eigenvalue weighted by Crippen LogP contribution is 2.21. The maximum atomic E-state index is 12.5. The smallest absolute Gasteiger partial charge is 0.244 e. The van der Waals surface area contributed by atoms with Gasteiger partial charge in [0.1, 0.15) is 12.3 Å². The van der Waals surface area contributed by atoms with E-state index in [9.17, 15) is 4.79 Å². The Balaban J connectivity index is 1.34. The molecular weight excluding hydrogens is 376 g/mol. The third-order valence-electron chi connectivity index (χ3n) is 5.75. The average Bonchev–Trinajstić information content (AvgIpc) is 3.41. The van der Waals surface area contributed by atoms with Crippen molar-refractivity contribution in [1.82, 2.24) is 15.0 Å². The third-order valence-corrected chi connectivity index (χ3v) is 5.75. The second-order valence-corrected chi connectivity index (χ2v) is 8.15. The first kappa shape index (κ1) is 20.2. The molecule has 3 heterocycles. The van der Waals surface area contributed by atoms with E-state index in [1.807, 2.05) is 43.5 Å². The highest BCUT2D eigenvalue weighted by atomic mass is 16.5. The van der Waals surface area contributed by atoms with Crippen LogP contribution in [-0.2, 0) is 11.3 Å². The lowest BCUT2D eigenvalue weighted by atomic mass is 10.2. The summed E-state index contributed by atoms with van der Waals surface area (Å²) in [6.45, 7) is 8.99. The molecule has 2 atom stereocenters. The van der Waals surface area contributed by atoms with E-state index in [2.05, 4.69) is 40.8 Å². The Kier molecular flexibility index (Phi) is 5.86. The number of amides is 1. The Labute approximate surface area is 177 Å². The fourth-order valence-corrected chi connectivity index (χ4v) is 4.28. The van der Waals surface area contributed by atoms with Crippen molar-refractivity contribution in [2.45, 2.75) is 39.8 Å². The van der Waals surface area contributed by atoms with E-state index in [0.717, 1.165) is 54.6 Å². The topological polar surface area (TPSA) is 64.5 Å². The number of hydrogen-bond donors (Lipinski definition) is 2. The van der Waals surface area contributed by atoms with Crippen LogP contribution < -0.4 is 10.2 Å². The van der Waals surface area contributed by atoms with Gasteiger partial charge in [-0.15, -0.1) is 0 Å². The van der Waals surface area contributed by atoms with Gasteiger partial charge >= 0.3 is 0 Å². The summed E-state index contributed by atoms with van der Waals surface area (Å²) in [5, 5.41) is 7.26. The fraction of sp³-hybridized carbons (Fsp3) is 0.333. The second kappa shape index (κ2) is 8.71. The number of nitrogens with zero attached hydrogens (tertiary/aromatic N) is 2. The monoisotopic (exact) mass is 405 g/mol. The van der Waals surface area contributed by atoms with Crippen LogP contribution in [0.15, 0.2) is 53.1 Å². The first-order valence-corrected chi connectivity index (χ1v) is 10.5. The van der Waals surface area contributed by atoms with Gasteiger partial charge in [-0.3, -0.25) is 9.36 Å². The lowest BCUT2D eigenvalue weighted by Crippen LogP contribution is -3.09. The molecule has 1 aliphatic rings. The molecule has 2 aromatic heterocycles. The predicted molar refractivity (Wildman–Crippen MR) is 116 cm³/mol. The molecule has 0 aliphatic carbocycles. The van der Waals surface area contributed by atoms with Crippen LogP contribution in [0.4, 0.5) is 0 Å². The van der Waals surface area contributed by atoms with Crippen molar-refractivity contribution in [1.29, 1.82) is 0 Å². The number of carbonyl (C=O) groups excluding carboxylic acids is 1. The molecule has 0 radical (unpaired) electrons. The zero-order chi connectivity index (χ0) is 21.1. The van der Waals surface area contributed by atoms with Crippen molar-refractivity contribution in [3.63, 3.8) is 0 Å². The molecule has 0 spiro atoms. The molecule has 1 amide bonds. The van der Waals surface area contributed by atoms with Gasteiger partial charge in [-0.05, 0) is 38.5 Å². The highest BCUT2D eigenvalue weighted by Gasteiger charge is 2.26. The quantitative estimate of drug-likeness (QED) is 0.619. The number of benzene rings is 1. The van der Waals surface area contributed by atoms with Crippen molar-refractivity contribution in [3.8, 4) is 5.82 Å². The minimum absolute atomic E-state index is 0.0388. The second-order valence-electron chi connectivity index (χ2n) is 8.15. The summed E-state index contributed by atoms with van der Waals surface area (Å²) in [6, 6.07) is 14.7. The van der Waals surface area contributed by atoms with Crippen molar-refractivity contribution in [3.05, 3.63) is 76.8 Å². The van der Waals surface area contributed by atoms with Crippen molar-refractivity contribution >= 4 is 12.0 Å². The number of aryl methyl sites for hydroxylation is 2. The number of rotatable bonds is 6. The lowest BCUT2D eigenvalue weighted by molar-refractivity contribution is -0.901. The van der Waals surface area contributed by atoms with Gasteiger partial charge in [0.2, 0.25) is 5.91 Å². The van der Waals surface area contributed by atoms with E-state index in [4.69, 9.17) is 4.52 Å². The highest BCUT2D eigenvalue weighted by molar-refractivity contribution is 5.92. The van der Waals surface area contributed by atoms with Gasteiger partial charge in [0.15, 0.2) is 5.82 Å². The first-order valence-electron chi connectivity index (χ1n) is 10.5. The molecule has 1 fully saturated rings. The number of quaternary nitrogens is 1. The maximum Gasteiger partial charge on any atom is 0.244 e. The Hall–Kier alpha value is -3.12. The molecule has 0 bridgehead atoms. The number of hydrogen-bond acceptors (Lipinski definition) is 3. The molecule has 0 saturated carbocycles. The summed E-state index contributed by atoms with van der Waals surface area (Å²) >= 11 is 0. The van der Waals surface area contributed by atoms with Crippen LogP contribution in [0.1, 0.15) is 34.7 Å². The van der Waals surface area contributed by atoms with E-state index < -0.39 is 0 Å². The zero-order valence-electron chi connectivity index (χ0n) is 17.8. The van der Waals surface area contributed by atoms with E-state index in [1.54, 1.807) is 6.08 Å². The molecule has 1 aliphatic heterocycles. The minimum atomic E-state index is -0.0388. The fourth-order valence-electron chi connectivity index (χ4n) is 4.28. The van der Waals surface area contributed by atoms with Gasteiger partial charge in [0.25, 0.3) is 0 Å². The number of carbonyl (C=O) groups is 1. The van der Waals surface area contributed by atoms with Gasteiger partial charge < -0.3 is 14.7 Å². The number of likely N-dealkylation sites (tertiary alicyclic amines) is 1. The Morgan fingerprint density at radius 2 is 2.07 bits per heavy atom. The molecule has 6 nitrogen and oxygen atoms in total. The van der Waals surface area contributed by atoms with Crippen molar-refractivity contribution in [2.75, 3.05) is 13.1 Å². The molecule has 3 aromatic rings. The van der Waals surface area contributed by atoms with Crippen LogP contribution in [0.3, 0.4) is 0 Å². The molecule has 6 heteroatoms. The molecule has 1 saturated heterocycles. The average molecular weight is 406 g/mol. The normalized spacial score (nSPS) is 18.9. The lowest BCUT2D eigenvalue weighted by Gasteiger charge is -2.13. The van der Waals surface area contributed by atoms with Crippen LogP contribution >= 0.6 is 0 Å². The van der Waals surface area contributed by atoms with Crippen molar-refractivity contribution in [2.24, 2.45) is 0 Å². The maximum absolute atomic E-state index is 12.5. The molecule has 1 aromatic carbocycles. The van der Waals surface area contributed by atoms with Crippen LogP contribution in [0, 0.1) is 20.8 Å². The molecule has 30 heavy (non-hydrogen) atoms. The Morgan fingerprint density at radius 3 is 2.80 bits per heavy atom. The summed E-state index contributed by atoms with van der Waals surface area (Å²) in [5.41, 5.74) is 4.43. The summed E-state index contributed by atoms with van der Waals surface area (Å²) in [6.07, 6.45) is 4.53. The summed E-state index contributed by atoms with van der Waals surface area (Å²) in [4.78, 5) is 14.0. The molecule has 2 N–H and O–H groups in total. The Morgan fingerprint density at radius 1 is 1.27 bits per heavy atom. The van der Waals surface area contributed by atoms with Crippen LogP contribution in [0.25, 0.3) is 11.9 Å².